The van der Waals surface area contributed by atoms with E-state index >= 15 is 0 Å². The highest BCUT2D eigenvalue weighted by molar-refractivity contribution is 5.23. The van der Waals surface area contributed by atoms with Crippen LogP contribution in [0.5, 0.6) is 0 Å². The van der Waals surface area contributed by atoms with Crippen molar-refractivity contribution in [1.82, 2.24) is 10.2 Å². The number of rotatable bonds is 6. The zero-order chi connectivity index (χ0) is 14.5. The van der Waals surface area contributed by atoms with Crippen LogP contribution in [-0.4, -0.2) is 43.3 Å². The van der Waals surface area contributed by atoms with Crippen LogP contribution in [0.2, 0.25) is 0 Å². The standard InChI is InChI=1S/C18H28N2O/c1-2-19-11-10-15-6-8-16(9-7-15)14-20-12-13-21-18-5-3-4-17(18)20/h6-9,17-19H,2-5,10-14H2,1H3. The van der Waals surface area contributed by atoms with Gasteiger partial charge in [0.15, 0.2) is 0 Å². The van der Waals surface area contributed by atoms with Crippen molar-refractivity contribution in [3.8, 4) is 0 Å². The quantitative estimate of drug-likeness (QED) is 0.814. The predicted octanol–water partition coefficient (Wildman–Crippen LogP) is 2.59. The van der Waals surface area contributed by atoms with Crippen molar-refractivity contribution in [2.24, 2.45) is 0 Å². The molecule has 0 radical (unpaired) electrons. The molecule has 1 saturated heterocycles. The zero-order valence-electron chi connectivity index (χ0n) is 13.2. The summed E-state index contributed by atoms with van der Waals surface area (Å²) in [5, 5.41) is 3.38. The van der Waals surface area contributed by atoms with Crippen LogP contribution >= 0.6 is 0 Å². The molecule has 1 aromatic rings. The van der Waals surface area contributed by atoms with E-state index in [1.54, 1.807) is 0 Å². The van der Waals surface area contributed by atoms with E-state index < -0.39 is 0 Å². The van der Waals surface area contributed by atoms with E-state index in [2.05, 4.69) is 41.4 Å². The van der Waals surface area contributed by atoms with E-state index in [0.29, 0.717) is 12.1 Å². The Morgan fingerprint density at radius 1 is 1.19 bits per heavy atom. The van der Waals surface area contributed by atoms with Gasteiger partial charge in [0.2, 0.25) is 0 Å². The molecule has 0 amide bonds. The number of fused-ring (bicyclic) bond motifs is 1. The maximum Gasteiger partial charge on any atom is 0.0731 e. The molecule has 21 heavy (non-hydrogen) atoms. The number of nitrogens with one attached hydrogen (secondary N) is 1. The Labute approximate surface area is 128 Å². The molecule has 116 valence electrons. The van der Waals surface area contributed by atoms with Crippen LogP contribution in [0, 0.1) is 0 Å². The molecular weight excluding hydrogens is 260 g/mol. The van der Waals surface area contributed by atoms with E-state index in [0.717, 1.165) is 39.2 Å². The fraction of sp³-hybridized carbons (Fsp3) is 0.667. The van der Waals surface area contributed by atoms with Gasteiger partial charge in [0.05, 0.1) is 12.7 Å². The van der Waals surface area contributed by atoms with Crippen LogP contribution in [0.1, 0.15) is 37.3 Å². The lowest BCUT2D eigenvalue weighted by molar-refractivity contribution is -0.0588. The first-order valence-electron chi connectivity index (χ1n) is 8.51. The highest BCUT2D eigenvalue weighted by Crippen LogP contribution is 2.30. The lowest BCUT2D eigenvalue weighted by Crippen LogP contribution is -2.47. The van der Waals surface area contributed by atoms with Crippen molar-refractivity contribution in [1.29, 1.82) is 0 Å². The van der Waals surface area contributed by atoms with Crippen LogP contribution in [0.3, 0.4) is 0 Å². The molecule has 2 fully saturated rings. The smallest absolute Gasteiger partial charge is 0.0731 e. The molecule has 2 aliphatic rings. The van der Waals surface area contributed by atoms with Crippen molar-refractivity contribution in [2.45, 2.75) is 51.3 Å². The van der Waals surface area contributed by atoms with Crippen LogP contribution < -0.4 is 5.32 Å². The summed E-state index contributed by atoms with van der Waals surface area (Å²) >= 11 is 0. The fourth-order valence-corrected chi connectivity index (χ4v) is 3.66. The van der Waals surface area contributed by atoms with Gasteiger partial charge in [-0.05, 0) is 49.9 Å². The normalized spacial score (nSPS) is 26.0. The van der Waals surface area contributed by atoms with Gasteiger partial charge in [-0.3, -0.25) is 4.90 Å². The molecule has 1 heterocycles. The van der Waals surface area contributed by atoms with Gasteiger partial charge in [0.1, 0.15) is 0 Å². The zero-order valence-corrected chi connectivity index (χ0v) is 13.2. The molecule has 0 aromatic heterocycles. The number of hydrogen-bond acceptors (Lipinski definition) is 3. The summed E-state index contributed by atoms with van der Waals surface area (Å²) in [6.45, 7) is 7.35. The summed E-state index contributed by atoms with van der Waals surface area (Å²) < 4.78 is 5.90. The lowest BCUT2D eigenvalue weighted by Gasteiger charge is -2.37. The van der Waals surface area contributed by atoms with E-state index in [-0.39, 0.29) is 0 Å². The molecule has 2 unspecified atom stereocenters. The summed E-state index contributed by atoms with van der Waals surface area (Å²) in [5.74, 6) is 0. The fourth-order valence-electron chi connectivity index (χ4n) is 3.66. The minimum atomic E-state index is 0.498. The number of benzene rings is 1. The minimum Gasteiger partial charge on any atom is -0.375 e. The first-order chi connectivity index (χ1) is 10.4. The molecule has 1 saturated carbocycles. The van der Waals surface area contributed by atoms with Crippen LogP contribution in [0.4, 0.5) is 0 Å². The molecule has 1 aliphatic heterocycles. The average molecular weight is 288 g/mol. The highest BCUT2D eigenvalue weighted by atomic mass is 16.5. The minimum absolute atomic E-state index is 0.498. The first kappa shape index (κ1) is 15.0. The van der Waals surface area contributed by atoms with E-state index in [1.165, 1.54) is 30.4 Å². The Morgan fingerprint density at radius 2 is 2.00 bits per heavy atom. The molecular formula is C18H28N2O. The van der Waals surface area contributed by atoms with Crippen molar-refractivity contribution in [2.75, 3.05) is 26.2 Å². The third kappa shape index (κ3) is 3.85. The van der Waals surface area contributed by atoms with Crippen LogP contribution in [0.15, 0.2) is 24.3 Å². The first-order valence-corrected chi connectivity index (χ1v) is 8.51. The van der Waals surface area contributed by atoms with Gasteiger partial charge < -0.3 is 10.1 Å². The highest BCUT2D eigenvalue weighted by Gasteiger charge is 2.35. The van der Waals surface area contributed by atoms with Gasteiger partial charge in [-0.25, -0.2) is 0 Å². The van der Waals surface area contributed by atoms with Crippen LogP contribution in [0.25, 0.3) is 0 Å². The van der Waals surface area contributed by atoms with Gasteiger partial charge in [0, 0.05) is 19.1 Å². The van der Waals surface area contributed by atoms with Crippen molar-refractivity contribution in [3.05, 3.63) is 35.4 Å². The third-order valence-corrected chi connectivity index (χ3v) is 4.85. The molecule has 0 bridgehead atoms. The van der Waals surface area contributed by atoms with E-state index in [4.69, 9.17) is 4.74 Å². The van der Waals surface area contributed by atoms with Gasteiger partial charge in [0.25, 0.3) is 0 Å². The second-order valence-electron chi connectivity index (χ2n) is 6.30. The Kier molecular flexibility index (Phi) is 5.28. The molecule has 3 heteroatoms. The summed E-state index contributed by atoms with van der Waals surface area (Å²) in [7, 11) is 0. The average Bonchev–Trinajstić information content (AvgIpc) is 2.99. The Hall–Kier alpha value is -0.900. The molecule has 2 atom stereocenters. The Balaban J connectivity index is 1.54. The SMILES string of the molecule is CCNCCc1ccc(CN2CCOC3CCCC32)cc1. The van der Waals surface area contributed by atoms with Gasteiger partial charge in [-0.1, -0.05) is 31.2 Å². The number of likely N-dealkylation sites (N-methyl/N-ethyl adjacent to an activating group) is 1. The lowest BCUT2D eigenvalue weighted by atomic mass is 10.1. The molecule has 1 aromatic carbocycles. The van der Waals surface area contributed by atoms with Gasteiger partial charge in [-0.15, -0.1) is 0 Å². The molecule has 3 rings (SSSR count). The number of nitrogens with zero attached hydrogens (tertiary/aromatic N) is 1. The molecule has 3 nitrogen and oxygen atoms in total. The number of ether oxygens (including phenoxy) is 1. The third-order valence-electron chi connectivity index (χ3n) is 4.85. The van der Waals surface area contributed by atoms with Gasteiger partial charge in [-0.2, -0.15) is 0 Å². The Bertz CT molecular complexity index is 431. The number of morpholine rings is 1. The monoisotopic (exact) mass is 288 g/mol. The van der Waals surface area contributed by atoms with Crippen LogP contribution in [-0.2, 0) is 17.7 Å². The predicted molar refractivity (Wildman–Crippen MR) is 86.5 cm³/mol. The second kappa shape index (κ2) is 7.39. The van der Waals surface area contributed by atoms with Crippen molar-refractivity contribution in [3.63, 3.8) is 0 Å². The van der Waals surface area contributed by atoms with E-state index in [9.17, 15) is 0 Å². The van der Waals surface area contributed by atoms with Crippen molar-refractivity contribution >= 4 is 0 Å². The second-order valence-corrected chi connectivity index (χ2v) is 6.30. The largest absolute Gasteiger partial charge is 0.375 e. The molecule has 0 spiro atoms. The van der Waals surface area contributed by atoms with Gasteiger partial charge >= 0.3 is 0 Å². The topological polar surface area (TPSA) is 24.5 Å². The molecule has 1 N–H and O–H groups in total. The summed E-state index contributed by atoms with van der Waals surface area (Å²) in [4.78, 5) is 2.63. The maximum absolute atomic E-state index is 5.90. The maximum atomic E-state index is 5.90. The number of hydrogen-bond donors (Lipinski definition) is 1. The summed E-state index contributed by atoms with van der Waals surface area (Å²) in [5.41, 5.74) is 2.87. The van der Waals surface area contributed by atoms with E-state index in [1.807, 2.05) is 0 Å². The molecule has 1 aliphatic carbocycles. The van der Waals surface area contributed by atoms with Crippen molar-refractivity contribution < 1.29 is 4.74 Å². The summed E-state index contributed by atoms with van der Waals surface area (Å²) in [6, 6.07) is 9.85. The summed E-state index contributed by atoms with van der Waals surface area (Å²) in [6.07, 6.45) is 5.51. The Morgan fingerprint density at radius 3 is 2.81 bits per heavy atom.